The number of thioether (sulfide) groups is 1. The fourth-order valence-electron chi connectivity index (χ4n) is 2.77. The highest BCUT2D eigenvalue weighted by Crippen LogP contribution is 2.37. The van der Waals surface area contributed by atoms with Gasteiger partial charge in [0.05, 0.1) is 0 Å². The van der Waals surface area contributed by atoms with Crippen LogP contribution in [-0.2, 0) is 6.42 Å². The molecule has 92 valence electrons. The van der Waals surface area contributed by atoms with E-state index in [-0.39, 0.29) is 0 Å². The minimum atomic E-state index is 0.688. The van der Waals surface area contributed by atoms with Crippen molar-refractivity contribution in [2.75, 3.05) is 26.2 Å². The van der Waals surface area contributed by atoms with Crippen molar-refractivity contribution in [3.63, 3.8) is 0 Å². The molecule has 2 atom stereocenters. The smallest absolute Gasteiger partial charge is 0.0263 e. The molecule has 3 rings (SSSR count). The van der Waals surface area contributed by atoms with Gasteiger partial charge in [0.1, 0.15) is 0 Å². The normalized spacial score (nSPS) is 29.2. The number of fused-ring (bicyclic) bond motifs is 1. The Morgan fingerprint density at radius 2 is 2.29 bits per heavy atom. The van der Waals surface area contributed by atoms with Crippen LogP contribution < -0.4 is 5.32 Å². The van der Waals surface area contributed by atoms with E-state index in [1.54, 1.807) is 5.56 Å². The van der Waals surface area contributed by atoms with Crippen LogP contribution in [0.2, 0.25) is 0 Å². The first kappa shape index (κ1) is 11.6. The van der Waals surface area contributed by atoms with Crippen molar-refractivity contribution in [1.82, 2.24) is 10.2 Å². The van der Waals surface area contributed by atoms with Gasteiger partial charge in [-0.15, -0.1) is 11.8 Å². The van der Waals surface area contributed by atoms with Gasteiger partial charge in [0.25, 0.3) is 0 Å². The number of nitrogens with one attached hydrogen (secondary N) is 1. The van der Waals surface area contributed by atoms with Crippen molar-refractivity contribution >= 4 is 11.8 Å². The summed E-state index contributed by atoms with van der Waals surface area (Å²) < 4.78 is 0. The minimum Gasteiger partial charge on any atom is -0.314 e. The molecule has 0 spiro atoms. The number of nitrogens with zero attached hydrogens (tertiary/aromatic N) is 1. The monoisotopic (exact) mass is 248 g/mol. The van der Waals surface area contributed by atoms with Gasteiger partial charge >= 0.3 is 0 Å². The molecule has 1 N–H and O–H groups in total. The molecule has 2 heterocycles. The summed E-state index contributed by atoms with van der Waals surface area (Å²) in [7, 11) is 0. The van der Waals surface area contributed by atoms with Gasteiger partial charge < -0.3 is 5.32 Å². The van der Waals surface area contributed by atoms with Crippen molar-refractivity contribution in [2.45, 2.75) is 29.5 Å². The summed E-state index contributed by atoms with van der Waals surface area (Å²) >= 11 is 2.07. The molecule has 0 radical (unpaired) electrons. The molecule has 0 aromatic heterocycles. The average molecular weight is 248 g/mol. The van der Waals surface area contributed by atoms with Crippen molar-refractivity contribution in [1.29, 1.82) is 0 Å². The van der Waals surface area contributed by atoms with Crippen molar-refractivity contribution in [2.24, 2.45) is 0 Å². The summed E-state index contributed by atoms with van der Waals surface area (Å²) in [5.74, 6) is 0. The molecule has 2 aliphatic rings. The van der Waals surface area contributed by atoms with E-state index in [1.165, 1.54) is 24.4 Å². The van der Waals surface area contributed by atoms with Crippen molar-refractivity contribution in [3.8, 4) is 0 Å². The fourth-order valence-corrected chi connectivity index (χ4v) is 4.12. The Hall–Kier alpha value is -0.510. The van der Waals surface area contributed by atoms with Crippen LogP contribution in [0.1, 0.15) is 12.5 Å². The number of rotatable bonds is 2. The summed E-state index contributed by atoms with van der Waals surface area (Å²) in [6.07, 6.45) is 1.25. The molecule has 2 aliphatic heterocycles. The Labute approximate surface area is 108 Å². The number of benzene rings is 1. The summed E-state index contributed by atoms with van der Waals surface area (Å²) in [4.78, 5) is 4.14. The van der Waals surface area contributed by atoms with Gasteiger partial charge in [0.15, 0.2) is 0 Å². The van der Waals surface area contributed by atoms with Crippen LogP contribution in [0.25, 0.3) is 0 Å². The molecular formula is C14H20N2S. The van der Waals surface area contributed by atoms with Crippen LogP contribution in [0.5, 0.6) is 0 Å². The highest BCUT2D eigenvalue weighted by Gasteiger charge is 2.26. The van der Waals surface area contributed by atoms with E-state index in [0.717, 1.165) is 18.3 Å². The Morgan fingerprint density at radius 1 is 1.41 bits per heavy atom. The maximum atomic E-state index is 3.46. The first-order chi connectivity index (χ1) is 8.33. The van der Waals surface area contributed by atoms with Crippen LogP contribution in [-0.4, -0.2) is 42.4 Å². The number of hydrogen-bond donors (Lipinski definition) is 1. The van der Waals surface area contributed by atoms with Gasteiger partial charge in [-0.2, -0.15) is 0 Å². The van der Waals surface area contributed by atoms with E-state index in [0.29, 0.717) is 6.04 Å². The molecule has 1 aromatic rings. The lowest BCUT2D eigenvalue weighted by Crippen LogP contribution is -2.51. The number of piperazine rings is 1. The standard InChI is InChI=1S/C14H20N2S/c1-11-9-15-6-7-16(11)10-13-8-12-4-2-3-5-14(12)17-13/h2-5,11,13,15H,6-10H2,1H3. The lowest BCUT2D eigenvalue weighted by molar-refractivity contribution is 0.175. The average Bonchev–Trinajstić information content (AvgIpc) is 2.74. The lowest BCUT2D eigenvalue weighted by atomic mass is 10.1. The lowest BCUT2D eigenvalue weighted by Gasteiger charge is -2.35. The predicted molar refractivity (Wildman–Crippen MR) is 73.7 cm³/mol. The molecule has 2 nitrogen and oxygen atoms in total. The second-order valence-electron chi connectivity index (χ2n) is 5.10. The van der Waals surface area contributed by atoms with Crippen LogP contribution in [0, 0.1) is 0 Å². The third kappa shape index (κ3) is 2.51. The molecule has 0 saturated carbocycles. The Morgan fingerprint density at radius 3 is 3.12 bits per heavy atom. The third-order valence-electron chi connectivity index (χ3n) is 3.79. The zero-order valence-electron chi connectivity index (χ0n) is 10.4. The summed E-state index contributed by atoms with van der Waals surface area (Å²) in [6.45, 7) is 7.06. The second-order valence-corrected chi connectivity index (χ2v) is 6.44. The topological polar surface area (TPSA) is 15.3 Å². The Bertz CT molecular complexity index is 369. The fraction of sp³-hybridized carbons (Fsp3) is 0.571. The molecular weight excluding hydrogens is 228 g/mol. The van der Waals surface area contributed by atoms with Gasteiger partial charge in [-0.1, -0.05) is 18.2 Å². The van der Waals surface area contributed by atoms with E-state index in [2.05, 4.69) is 53.2 Å². The van der Waals surface area contributed by atoms with E-state index in [4.69, 9.17) is 0 Å². The first-order valence-corrected chi connectivity index (χ1v) is 7.40. The first-order valence-electron chi connectivity index (χ1n) is 6.52. The van der Waals surface area contributed by atoms with E-state index >= 15 is 0 Å². The Kier molecular flexibility index (Phi) is 3.41. The highest BCUT2D eigenvalue weighted by molar-refractivity contribution is 8.00. The van der Waals surface area contributed by atoms with Gasteiger partial charge in [-0.05, 0) is 25.0 Å². The van der Waals surface area contributed by atoms with Crippen LogP contribution >= 0.6 is 11.8 Å². The van der Waals surface area contributed by atoms with Crippen LogP contribution in [0.15, 0.2) is 29.2 Å². The quantitative estimate of drug-likeness (QED) is 0.862. The molecule has 3 heteroatoms. The molecule has 1 aromatic carbocycles. The zero-order chi connectivity index (χ0) is 11.7. The van der Waals surface area contributed by atoms with E-state index in [9.17, 15) is 0 Å². The molecule has 2 unspecified atom stereocenters. The maximum absolute atomic E-state index is 3.46. The molecule has 17 heavy (non-hydrogen) atoms. The van der Waals surface area contributed by atoms with Crippen LogP contribution in [0.3, 0.4) is 0 Å². The van der Waals surface area contributed by atoms with E-state index < -0.39 is 0 Å². The van der Waals surface area contributed by atoms with Gasteiger partial charge in [0, 0.05) is 42.4 Å². The molecule has 0 bridgehead atoms. The van der Waals surface area contributed by atoms with Gasteiger partial charge in [-0.3, -0.25) is 4.90 Å². The minimum absolute atomic E-state index is 0.688. The molecule has 1 fully saturated rings. The third-order valence-corrected chi connectivity index (χ3v) is 5.09. The second kappa shape index (κ2) is 5.01. The Balaban J connectivity index is 1.61. The van der Waals surface area contributed by atoms with Crippen molar-refractivity contribution < 1.29 is 0 Å². The van der Waals surface area contributed by atoms with E-state index in [1.807, 2.05) is 0 Å². The van der Waals surface area contributed by atoms with Gasteiger partial charge in [0.2, 0.25) is 0 Å². The maximum Gasteiger partial charge on any atom is 0.0263 e. The zero-order valence-corrected chi connectivity index (χ0v) is 11.2. The highest BCUT2D eigenvalue weighted by atomic mass is 32.2. The molecule has 0 aliphatic carbocycles. The number of hydrogen-bond acceptors (Lipinski definition) is 3. The summed E-state index contributed by atoms with van der Waals surface area (Å²) in [6, 6.07) is 9.55. The SMILES string of the molecule is CC1CNCCN1CC1Cc2ccccc2S1. The van der Waals surface area contributed by atoms with Gasteiger partial charge in [-0.25, -0.2) is 0 Å². The summed E-state index contributed by atoms with van der Waals surface area (Å²) in [5.41, 5.74) is 1.55. The van der Waals surface area contributed by atoms with Crippen LogP contribution in [0.4, 0.5) is 0 Å². The summed E-state index contributed by atoms with van der Waals surface area (Å²) in [5, 5.41) is 4.22. The van der Waals surface area contributed by atoms with Crippen molar-refractivity contribution in [3.05, 3.63) is 29.8 Å². The largest absolute Gasteiger partial charge is 0.314 e. The molecule has 0 amide bonds. The predicted octanol–water partition coefficient (Wildman–Crippen LogP) is 2.00. The molecule has 1 saturated heterocycles.